The maximum absolute atomic E-state index is 13.4. The molecule has 0 heterocycles. The Hall–Kier alpha value is -2.22. The predicted molar refractivity (Wildman–Crippen MR) is 70.3 cm³/mol. The number of halogens is 2. The number of carbonyl (C=O) groups excluding carboxylic acids is 1. The van der Waals surface area contributed by atoms with E-state index in [1.807, 2.05) is 0 Å². The van der Waals surface area contributed by atoms with Crippen molar-refractivity contribution in [1.82, 2.24) is 5.32 Å². The minimum atomic E-state index is -0.838. The Kier molecular flexibility index (Phi) is 4.14. The summed E-state index contributed by atoms with van der Waals surface area (Å²) >= 11 is 0. The molecule has 1 aromatic rings. The first-order chi connectivity index (χ1) is 9.56. The van der Waals surface area contributed by atoms with E-state index in [0.29, 0.717) is 12.8 Å². The third-order valence-electron chi connectivity index (χ3n) is 3.43. The number of rotatable bonds is 3. The van der Waals surface area contributed by atoms with Crippen LogP contribution in [0.2, 0.25) is 0 Å². The molecule has 1 aromatic carbocycles. The van der Waals surface area contributed by atoms with Crippen molar-refractivity contribution >= 4 is 12.0 Å². The molecular formula is C15H14F2N2O. The first-order valence-electron chi connectivity index (χ1n) is 6.42. The van der Waals surface area contributed by atoms with Gasteiger partial charge in [-0.25, -0.2) is 8.78 Å². The van der Waals surface area contributed by atoms with Crippen LogP contribution in [-0.4, -0.2) is 11.4 Å². The summed E-state index contributed by atoms with van der Waals surface area (Å²) in [7, 11) is 0. The largest absolute Gasteiger partial charge is 0.334 e. The van der Waals surface area contributed by atoms with E-state index in [1.165, 1.54) is 6.07 Å². The number of nitrogens with zero attached hydrogens (tertiary/aromatic N) is 1. The van der Waals surface area contributed by atoms with Gasteiger partial charge >= 0.3 is 0 Å². The van der Waals surface area contributed by atoms with Gasteiger partial charge in [0, 0.05) is 11.6 Å². The Morgan fingerprint density at radius 3 is 2.45 bits per heavy atom. The topological polar surface area (TPSA) is 52.9 Å². The highest BCUT2D eigenvalue weighted by Gasteiger charge is 2.34. The van der Waals surface area contributed by atoms with Gasteiger partial charge < -0.3 is 5.32 Å². The second kappa shape index (κ2) is 5.83. The van der Waals surface area contributed by atoms with Crippen molar-refractivity contribution in [1.29, 1.82) is 5.26 Å². The Labute approximate surface area is 115 Å². The van der Waals surface area contributed by atoms with Crippen LogP contribution in [0.1, 0.15) is 31.2 Å². The van der Waals surface area contributed by atoms with Crippen molar-refractivity contribution in [2.45, 2.75) is 31.2 Å². The summed E-state index contributed by atoms with van der Waals surface area (Å²) in [5, 5.41) is 11.7. The molecule has 1 amide bonds. The molecule has 0 atom stereocenters. The second-order valence-corrected chi connectivity index (χ2v) is 4.86. The molecule has 0 spiro atoms. The van der Waals surface area contributed by atoms with Gasteiger partial charge in [-0.1, -0.05) is 6.07 Å². The van der Waals surface area contributed by atoms with Gasteiger partial charge in [-0.05, 0) is 43.9 Å². The van der Waals surface area contributed by atoms with Crippen molar-refractivity contribution in [3.63, 3.8) is 0 Å². The quantitative estimate of drug-likeness (QED) is 0.863. The predicted octanol–water partition coefficient (Wildman–Crippen LogP) is 2.93. The van der Waals surface area contributed by atoms with Gasteiger partial charge in [0.2, 0.25) is 5.91 Å². The lowest BCUT2D eigenvalue weighted by Crippen LogP contribution is -2.44. The molecule has 0 bridgehead atoms. The number of carbonyl (C=O) groups is 1. The Morgan fingerprint density at radius 1 is 1.30 bits per heavy atom. The number of benzene rings is 1. The normalized spacial score (nSPS) is 17.1. The highest BCUT2D eigenvalue weighted by molar-refractivity contribution is 5.92. The highest BCUT2D eigenvalue weighted by Crippen LogP contribution is 2.28. The lowest BCUT2D eigenvalue weighted by atomic mass is 10.00. The molecular weight excluding hydrogens is 262 g/mol. The van der Waals surface area contributed by atoms with Crippen LogP contribution in [0.5, 0.6) is 0 Å². The van der Waals surface area contributed by atoms with Gasteiger partial charge in [0.1, 0.15) is 17.2 Å². The maximum Gasteiger partial charge on any atom is 0.245 e. The lowest BCUT2D eigenvalue weighted by molar-refractivity contribution is -0.117. The van der Waals surface area contributed by atoms with Crippen LogP contribution in [0.15, 0.2) is 24.3 Å². The Bertz CT molecular complexity index is 564. The van der Waals surface area contributed by atoms with Crippen molar-refractivity contribution in [3.05, 3.63) is 41.5 Å². The smallest absolute Gasteiger partial charge is 0.245 e. The third kappa shape index (κ3) is 3.02. The third-order valence-corrected chi connectivity index (χ3v) is 3.43. The molecule has 3 nitrogen and oxygen atoms in total. The first-order valence-corrected chi connectivity index (χ1v) is 6.42. The van der Waals surface area contributed by atoms with Gasteiger partial charge in [0.15, 0.2) is 0 Å². The fourth-order valence-electron chi connectivity index (χ4n) is 2.35. The Balaban J connectivity index is 2.08. The van der Waals surface area contributed by atoms with Crippen LogP contribution >= 0.6 is 0 Å². The van der Waals surface area contributed by atoms with E-state index in [2.05, 4.69) is 11.4 Å². The molecule has 1 fully saturated rings. The molecule has 1 saturated carbocycles. The summed E-state index contributed by atoms with van der Waals surface area (Å²) in [5.41, 5.74) is -1.10. The average Bonchev–Trinajstić information content (AvgIpc) is 2.87. The van der Waals surface area contributed by atoms with Crippen LogP contribution < -0.4 is 5.32 Å². The van der Waals surface area contributed by atoms with Crippen molar-refractivity contribution in [2.75, 3.05) is 0 Å². The molecule has 104 valence electrons. The molecule has 0 aromatic heterocycles. The van der Waals surface area contributed by atoms with E-state index < -0.39 is 23.1 Å². The minimum absolute atomic E-state index is 0.264. The zero-order valence-corrected chi connectivity index (χ0v) is 10.8. The van der Waals surface area contributed by atoms with Crippen LogP contribution in [0, 0.1) is 23.0 Å². The molecule has 1 N–H and O–H groups in total. The summed E-state index contributed by atoms with van der Waals surface area (Å²) in [4.78, 5) is 11.8. The van der Waals surface area contributed by atoms with Crippen molar-refractivity contribution in [3.8, 4) is 6.07 Å². The SMILES string of the molecule is N#CC1(NC(=O)/C=C/c2c(F)cccc2F)CCCC1. The summed E-state index contributed by atoms with van der Waals surface area (Å²) < 4.78 is 26.7. The molecule has 20 heavy (non-hydrogen) atoms. The first kappa shape index (κ1) is 14.2. The molecule has 2 rings (SSSR count). The standard InChI is InChI=1S/C15H14F2N2O/c16-12-4-3-5-13(17)11(12)6-7-14(20)19-15(10-18)8-1-2-9-15/h3-7H,1-2,8-9H2,(H,19,20)/b7-6+. The minimum Gasteiger partial charge on any atom is -0.334 e. The van der Waals surface area contributed by atoms with E-state index >= 15 is 0 Å². The van der Waals surface area contributed by atoms with Gasteiger partial charge in [0.05, 0.1) is 6.07 Å². The zero-order chi connectivity index (χ0) is 14.6. The van der Waals surface area contributed by atoms with Crippen LogP contribution in [0.3, 0.4) is 0 Å². The fraction of sp³-hybridized carbons (Fsp3) is 0.333. The van der Waals surface area contributed by atoms with E-state index in [0.717, 1.165) is 37.1 Å². The molecule has 0 unspecified atom stereocenters. The summed E-state index contributed by atoms with van der Waals surface area (Å²) in [5.74, 6) is -1.98. The maximum atomic E-state index is 13.4. The molecule has 5 heteroatoms. The molecule has 0 aliphatic heterocycles. The van der Waals surface area contributed by atoms with Crippen molar-refractivity contribution in [2.24, 2.45) is 0 Å². The van der Waals surface area contributed by atoms with Crippen LogP contribution in [0.25, 0.3) is 6.08 Å². The number of nitrogens with one attached hydrogen (secondary N) is 1. The summed E-state index contributed by atoms with van der Waals surface area (Å²) in [6.07, 6.45) is 5.13. The summed E-state index contributed by atoms with van der Waals surface area (Å²) in [6, 6.07) is 5.61. The number of amides is 1. The highest BCUT2D eigenvalue weighted by atomic mass is 19.1. The van der Waals surface area contributed by atoms with E-state index in [-0.39, 0.29) is 5.56 Å². The average molecular weight is 276 g/mol. The molecule has 1 aliphatic rings. The van der Waals surface area contributed by atoms with Gasteiger partial charge in [0.25, 0.3) is 0 Å². The second-order valence-electron chi connectivity index (χ2n) is 4.86. The van der Waals surface area contributed by atoms with E-state index in [9.17, 15) is 13.6 Å². The monoisotopic (exact) mass is 276 g/mol. The zero-order valence-electron chi connectivity index (χ0n) is 10.8. The van der Waals surface area contributed by atoms with Gasteiger partial charge in [-0.2, -0.15) is 5.26 Å². The lowest BCUT2D eigenvalue weighted by Gasteiger charge is -2.20. The van der Waals surface area contributed by atoms with Gasteiger partial charge in [-0.3, -0.25) is 4.79 Å². The molecule has 1 aliphatic carbocycles. The fourth-order valence-corrected chi connectivity index (χ4v) is 2.35. The van der Waals surface area contributed by atoms with Crippen molar-refractivity contribution < 1.29 is 13.6 Å². The number of hydrogen-bond donors (Lipinski definition) is 1. The Morgan fingerprint density at radius 2 is 1.90 bits per heavy atom. The van der Waals surface area contributed by atoms with Crippen LogP contribution in [0.4, 0.5) is 8.78 Å². The van der Waals surface area contributed by atoms with Gasteiger partial charge in [-0.15, -0.1) is 0 Å². The molecule has 0 saturated heterocycles. The van der Waals surface area contributed by atoms with E-state index in [1.54, 1.807) is 0 Å². The van der Waals surface area contributed by atoms with Crippen LogP contribution in [-0.2, 0) is 4.79 Å². The molecule has 0 radical (unpaired) electrons. The van der Waals surface area contributed by atoms with E-state index in [4.69, 9.17) is 5.26 Å². The number of nitriles is 1. The summed E-state index contributed by atoms with van der Waals surface area (Å²) in [6.45, 7) is 0. The number of hydrogen-bond acceptors (Lipinski definition) is 2.